The average molecular weight is 262 g/mol. The zero-order valence-electron chi connectivity index (χ0n) is 7.75. The molecular formula is C8H12BrN3O2. The third kappa shape index (κ3) is 2.55. The lowest BCUT2D eigenvalue weighted by Gasteiger charge is -2.15. The van der Waals surface area contributed by atoms with Crippen LogP contribution < -0.4 is 10.9 Å². The molecule has 0 radical (unpaired) electrons. The first-order valence-corrected chi connectivity index (χ1v) is 5.09. The van der Waals surface area contributed by atoms with Crippen LogP contribution >= 0.6 is 15.9 Å². The summed E-state index contributed by atoms with van der Waals surface area (Å²) in [6.45, 7) is 1.97. The van der Waals surface area contributed by atoms with Crippen LogP contribution in [0.3, 0.4) is 0 Å². The summed E-state index contributed by atoms with van der Waals surface area (Å²) in [6.07, 6.45) is 2.28. The monoisotopic (exact) mass is 261 g/mol. The van der Waals surface area contributed by atoms with Gasteiger partial charge in [-0.25, -0.2) is 5.10 Å². The Bertz CT molecular complexity index is 349. The predicted octanol–water partition coefficient (Wildman–Crippen LogP) is 0.715. The smallest absolute Gasteiger partial charge is 0.280 e. The lowest BCUT2D eigenvalue weighted by Crippen LogP contribution is -2.24. The van der Waals surface area contributed by atoms with Gasteiger partial charge in [-0.3, -0.25) is 4.79 Å². The van der Waals surface area contributed by atoms with Gasteiger partial charge in [0.15, 0.2) is 0 Å². The number of halogens is 1. The van der Waals surface area contributed by atoms with Crippen molar-refractivity contribution in [2.75, 3.05) is 11.9 Å². The first kappa shape index (κ1) is 11.2. The van der Waals surface area contributed by atoms with Crippen molar-refractivity contribution in [1.82, 2.24) is 10.2 Å². The molecule has 5 nitrogen and oxygen atoms in total. The zero-order valence-corrected chi connectivity index (χ0v) is 9.34. The van der Waals surface area contributed by atoms with Gasteiger partial charge in [0.2, 0.25) is 0 Å². The van der Waals surface area contributed by atoms with Crippen LogP contribution in [-0.4, -0.2) is 28.0 Å². The van der Waals surface area contributed by atoms with E-state index in [-0.39, 0.29) is 18.2 Å². The number of aromatic nitrogens is 2. The SMILES string of the molecule is CCC(CO)Nc1cn[nH]c(=O)c1Br. The second-order valence-corrected chi connectivity index (χ2v) is 3.65. The highest BCUT2D eigenvalue weighted by atomic mass is 79.9. The lowest BCUT2D eigenvalue weighted by atomic mass is 10.2. The van der Waals surface area contributed by atoms with E-state index in [1.807, 2.05) is 6.92 Å². The van der Waals surface area contributed by atoms with Crippen LogP contribution in [0.1, 0.15) is 13.3 Å². The first-order chi connectivity index (χ1) is 6.69. The summed E-state index contributed by atoms with van der Waals surface area (Å²) in [5, 5.41) is 17.9. The van der Waals surface area contributed by atoms with Crippen LogP contribution in [0.15, 0.2) is 15.5 Å². The molecule has 14 heavy (non-hydrogen) atoms. The molecule has 0 fully saturated rings. The van der Waals surface area contributed by atoms with E-state index in [2.05, 4.69) is 31.4 Å². The second-order valence-electron chi connectivity index (χ2n) is 2.86. The Morgan fingerprint density at radius 1 is 1.79 bits per heavy atom. The Balaban J connectivity index is 2.86. The molecule has 0 aliphatic rings. The van der Waals surface area contributed by atoms with Gasteiger partial charge in [-0.15, -0.1) is 0 Å². The summed E-state index contributed by atoms with van der Waals surface area (Å²) in [5.41, 5.74) is 0.303. The topological polar surface area (TPSA) is 78.0 Å². The molecule has 1 aromatic heterocycles. The molecule has 1 aromatic rings. The largest absolute Gasteiger partial charge is 0.394 e. The molecule has 6 heteroatoms. The molecule has 78 valence electrons. The van der Waals surface area contributed by atoms with Crippen LogP contribution in [0, 0.1) is 0 Å². The number of rotatable bonds is 4. The molecule has 0 saturated heterocycles. The molecule has 1 atom stereocenters. The third-order valence-electron chi connectivity index (χ3n) is 1.87. The highest BCUT2D eigenvalue weighted by molar-refractivity contribution is 9.10. The minimum absolute atomic E-state index is 0.0236. The summed E-state index contributed by atoms with van der Waals surface area (Å²) in [6, 6.07) is -0.0603. The van der Waals surface area contributed by atoms with Crippen molar-refractivity contribution in [1.29, 1.82) is 0 Å². The zero-order chi connectivity index (χ0) is 10.6. The van der Waals surface area contributed by atoms with Crippen molar-refractivity contribution in [3.63, 3.8) is 0 Å². The van der Waals surface area contributed by atoms with Crippen molar-refractivity contribution in [2.45, 2.75) is 19.4 Å². The van der Waals surface area contributed by atoms with Crippen molar-refractivity contribution < 1.29 is 5.11 Å². The first-order valence-electron chi connectivity index (χ1n) is 4.29. The van der Waals surface area contributed by atoms with E-state index in [0.29, 0.717) is 10.2 Å². The van der Waals surface area contributed by atoms with Gasteiger partial charge in [-0.1, -0.05) is 6.92 Å². The number of hydrogen-bond donors (Lipinski definition) is 3. The number of aliphatic hydroxyl groups is 1. The molecule has 0 aromatic carbocycles. The summed E-state index contributed by atoms with van der Waals surface area (Å²) < 4.78 is 0.402. The number of nitrogens with one attached hydrogen (secondary N) is 2. The lowest BCUT2D eigenvalue weighted by molar-refractivity contribution is 0.272. The number of aliphatic hydroxyl groups excluding tert-OH is 1. The predicted molar refractivity (Wildman–Crippen MR) is 57.3 cm³/mol. The van der Waals surface area contributed by atoms with E-state index in [1.165, 1.54) is 6.20 Å². The maximum Gasteiger partial charge on any atom is 0.280 e. The molecule has 0 aliphatic heterocycles. The molecule has 0 saturated carbocycles. The normalized spacial score (nSPS) is 12.5. The van der Waals surface area contributed by atoms with Crippen LogP contribution in [0.25, 0.3) is 0 Å². The molecular weight excluding hydrogens is 250 g/mol. The van der Waals surface area contributed by atoms with Crippen molar-refractivity contribution in [3.05, 3.63) is 21.0 Å². The Morgan fingerprint density at radius 3 is 3.07 bits per heavy atom. The summed E-state index contributed by atoms with van der Waals surface area (Å²) in [5.74, 6) is 0. The third-order valence-corrected chi connectivity index (χ3v) is 2.66. The number of hydrogen-bond acceptors (Lipinski definition) is 4. The molecule has 1 heterocycles. The van der Waals surface area contributed by atoms with Gasteiger partial charge < -0.3 is 10.4 Å². The molecule has 1 unspecified atom stereocenters. The van der Waals surface area contributed by atoms with Gasteiger partial charge in [-0.2, -0.15) is 5.10 Å². The van der Waals surface area contributed by atoms with Crippen LogP contribution in [-0.2, 0) is 0 Å². The van der Waals surface area contributed by atoms with Crippen LogP contribution in [0.2, 0.25) is 0 Å². The van der Waals surface area contributed by atoms with Crippen LogP contribution in [0.5, 0.6) is 0 Å². The summed E-state index contributed by atoms with van der Waals surface area (Å²) in [7, 11) is 0. The van der Waals surface area contributed by atoms with E-state index in [4.69, 9.17) is 5.11 Å². The van der Waals surface area contributed by atoms with Gasteiger partial charge in [-0.05, 0) is 22.4 Å². The Kier molecular flexibility index (Phi) is 4.09. The highest BCUT2D eigenvalue weighted by Gasteiger charge is 2.08. The van der Waals surface area contributed by atoms with Crippen molar-refractivity contribution in [3.8, 4) is 0 Å². The van der Waals surface area contributed by atoms with E-state index in [0.717, 1.165) is 6.42 Å². The van der Waals surface area contributed by atoms with Crippen LogP contribution in [0.4, 0.5) is 5.69 Å². The average Bonchev–Trinajstić information content (AvgIpc) is 2.20. The Hall–Kier alpha value is -0.880. The second kappa shape index (κ2) is 5.11. The maximum absolute atomic E-state index is 11.1. The fraction of sp³-hybridized carbons (Fsp3) is 0.500. The number of aromatic amines is 1. The number of anilines is 1. The van der Waals surface area contributed by atoms with Crippen molar-refractivity contribution in [2.24, 2.45) is 0 Å². The van der Waals surface area contributed by atoms with E-state index in [9.17, 15) is 4.79 Å². The van der Waals surface area contributed by atoms with Crippen molar-refractivity contribution >= 4 is 21.6 Å². The summed E-state index contributed by atoms with van der Waals surface area (Å²) >= 11 is 3.14. The van der Waals surface area contributed by atoms with Gasteiger partial charge >= 0.3 is 0 Å². The molecule has 0 bridgehead atoms. The Morgan fingerprint density at radius 2 is 2.50 bits per heavy atom. The molecule has 0 aliphatic carbocycles. The standard InChI is InChI=1S/C8H12BrN3O2/c1-2-5(4-13)11-6-3-10-12-8(14)7(6)9/h3,5,13H,2,4H2,1H3,(H2,11,12,14). The number of H-pyrrole nitrogens is 1. The van der Waals surface area contributed by atoms with Gasteiger partial charge in [0.05, 0.1) is 18.5 Å². The highest BCUT2D eigenvalue weighted by Crippen LogP contribution is 2.16. The van der Waals surface area contributed by atoms with Gasteiger partial charge in [0, 0.05) is 6.04 Å². The Labute approximate surface area is 89.7 Å². The maximum atomic E-state index is 11.1. The number of nitrogens with zero attached hydrogens (tertiary/aromatic N) is 1. The fourth-order valence-electron chi connectivity index (χ4n) is 0.981. The van der Waals surface area contributed by atoms with E-state index >= 15 is 0 Å². The van der Waals surface area contributed by atoms with E-state index < -0.39 is 0 Å². The van der Waals surface area contributed by atoms with E-state index in [1.54, 1.807) is 0 Å². The summed E-state index contributed by atoms with van der Waals surface area (Å²) in [4.78, 5) is 11.1. The fourth-order valence-corrected chi connectivity index (χ4v) is 1.29. The quantitative estimate of drug-likeness (QED) is 0.747. The molecule has 0 spiro atoms. The van der Waals surface area contributed by atoms with Gasteiger partial charge in [0.25, 0.3) is 5.56 Å². The molecule has 3 N–H and O–H groups in total. The molecule has 0 amide bonds. The minimum atomic E-state index is -0.289. The van der Waals surface area contributed by atoms with Gasteiger partial charge in [0.1, 0.15) is 4.47 Å². The molecule has 1 rings (SSSR count). The minimum Gasteiger partial charge on any atom is -0.394 e.